The van der Waals surface area contributed by atoms with Crippen LogP contribution in [0.1, 0.15) is 19.3 Å². The van der Waals surface area contributed by atoms with Gasteiger partial charge in [-0.05, 0) is 18.4 Å². The van der Waals surface area contributed by atoms with Crippen molar-refractivity contribution in [1.29, 1.82) is 0 Å². The van der Waals surface area contributed by atoms with Crippen LogP contribution in [0.25, 0.3) is 0 Å². The van der Waals surface area contributed by atoms with Gasteiger partial charge in [0.1, 0.15) is 5.84 Å². The molecule has 15 heavy (non-hydrogen) atoms. The number of hydrogen-bond acceptors (Lipinski definition) is 2. The number of nitrogens with two attached hydrogens (primary N) is 1. The van der Waals surface area contributed by atoms with E-state index in [1.807, 2.05) is 11.1 Å². The Hall–Kier alpha value is -1.35. The van der Waals surface area contributed by atoms with Gasteiger partial charge in [-0.25, -0.2) is 0 Å². The summed E-state index contributed by atoms with van der Waals surface area (Å²) in [5.74, 6) is 1.03. The summed E-state index contributed by atoms with van der Waals surface area (Å²) in [6.07, 6.45) is 7.33. The molecule has 1 aliphatic heterocycles. The lowest BCUT2D eigenvalue weighted by atomic mass is 10.2. The van der Waals surface area contributed by atoms with Gasteiger partial charge >= 0.3 is 0 Å². The van der Waals surface area contributed by atoms with Crippen molar-refractivity contribution in [2.45, 2.75) is 19.3 Å². The molecule has 0 fully saturated rings. The van der Waals surface area contributed by atoms with E-state index in [0.717, 1.165) is 36.4 Å². The molecule has 82 valence electrons. The van der Waals surface area contributed by atoms with Crippen LogP contribution in [-0.4, -0.2) is 24.3 Å². The van der Waals surface area contributed by atoms with Crippen LogP contribution in [0.3, 0.4) is 0 Å². The molecule has 0 aliphatic carbocycles. The van der Waals surface area contributed by atoms with Gasteiger partial charge in [0.2, 0.25) is 0 Å². The fourth-order valence-electron chi connectivity index (χ4n) is 1.52. The molecule has 3 heteroatoms. The highest BCUT2D eigenvalue weighted by Gasteiger charge is 2.14. The predicted octanol–water partition coefficient (Wildman–Crippen LogP) is 2.04. The topological polar surface area (TPSA) is 41.6 Å². The van der Waals surface area contributed by atoms with Crippen LogP contribution in [-0.2, 0) is 0 Å². The summed E-state index contributed by atoms with van der Waals surface area (Å²) in [6, 6.07) is 0. The summed E-state index contributed by atoms with van der Waals surface area (Å²) in [6.45, 7) is 8.33. The van der Waals surface area contributed by atoms with Crippen molar-refractivity contribution in [3.63, 3.8) is 0 Å². The first-order chi connectivity index (χ1) is 7.20. The van der Waals surface area contributed by atoms with Gasteiger partial charge in [-0.3, -0.25) is 4.99 Å². The van der Waals surface area contributed by atoms with Crippen molar-refractivity contribution in [2.24, 2.45) is 10.7 Å². The molecule has 0 atom stereocenters. The maximum absolute atomic E-state index is 5.55. The van der Waals surface area contributed by atoms with E-state index in [0.29, 0.717) is 6.54 Å². The monoisotopic (exact) mass is 205 g/mol. The predicted molar refractivity (Wildman–Crippen MR) is 65.5 cm³/mol. The smallest absolute Gasteiger partial charge is 0.107 e. The molecular weight excluding hydrogens is 186 g/mol. The van der Waals surface area contributed by atoms with Crippen LogP contribution in [0.2, 0.25) is 0 Å². The lowest BCUT2D eigenvalue weighted by Gasteiger charge is -2.24. The summed E-state index contributed by atoms with van der Waals surface area (Å²) in [5, 5.41) is 0. The number of hydrogen-bond donors (Lipinski definition) is 1. The van der Waals surface area contributed by atoms with Gasteiger partial charge in [0, 0.05) is 31.9 Å². The standard InChI is InChI=1S/C12H19N3/c1-10(9-13)11(2)15-8-6-4-5-7-12(15)14-3/h6,8H,1-2,4-5,7,9,13H2,3H3/b14-12-. The van der Waals surface area contributed by atoms with Crippen molar-refractivity contribution < 1.29 is 0 Å². The van der Waals surface area contributed by atoms with E-state index in [1.54, 1.807) is 7.05 Å². The first kappa shape index (κ1) is 11.7. The third kappa shape index (κ3) is 2.80. The minimum absolute atomic E-state index is 0.431. The normalized spacial score (nSPS) is 19.1. The van der Waals surface area contributed by atoms with Crippen LogP contribution < -0.4 is 5.73 Å². The first-order valence-electron chi connectivity index (χ1n) is 5.19. The molecule has 1 aliphatic rings. The molecule has 0 aromatic rings. The molecule has 0 unspecified atom stereocenters. The average molecular weight is 205 g/mol. The molecule has 0 bridgehead atoms. The minimum Gasteiger partial charge on any atom is -0.326 e. The van der Waals surface area contributed by atoms with E-state index >= 15 is 0 Å². The quantitative estimate of drug-likeness (QED) is 0.716. The van der Waals surface area contributed by atoms with Crippen LogP contribution in [0.5, 0.6) is 0 Å². The number of rotatable bonds is 3. The zero-order valence-electron chi connectivity index (χ0n) is 9.37. The number of aliphatic imine (C=N–C) groups is 1. The average Bonchev–Trinajstić information content (AvgIpc) is 2.51. The molecule has 0 radical (unpaired) electrons. The first-order valence-corrected chi connectivity index (χ1v) is 5.19. The third-order valence-electron chi connectivity index (χ3n) is 2.51. The Bertz CT molecular complexity index is 313. The molecule has 1 heterocycles. The van der Waals surface area contributed by atoms with Gasteiger partial charge in [-0.15, -0.1) is 0 Å². The Balaban J connectivity index is 2.88. The van der Waals surface area contributed by atoms with E-state index in [-0.39, 0.29) is 0 Å². The Kier molecular flexibility index (Phi) is 4.31. The molecule has 0 aromatic heterocycles. The van der Waals surface area contributed by atoms with Gasteiger partial charge in [0.05, 0.1) is 0 Å². The fourth-order valence-corrected chi connectivity index (χ4v) is 1.52. The van der Waals surface area contributed by atoms with E-state index in [1.165, 1.54) is 0 Å². The Morgan fingerprint density at radius 3 is 2.93 bits per heavy atom. The molecule has 1 rings (SSSR count). The third-order valence-corrected chi connectivity index (χ3v) is 2.51. The molecule has 0 aromatic carbocycles. The van der Waals surface area contributed by atoms with E-state index in [4.69, 9.17) is 5.73 Å². The van der Waals surface area contributed by atoms with Gasteiger partial charge in [0.15, 0.2) is 0 Å². The van der Waals surface area contributed by atoms with E-state index < -0.39 is 0 Å². The maximum Gasteiger partial charge on any atom is 0.107 e. The zero-order chi connectivity index (χ0) is 11.3. The minimum atomic E-state index is 0.431. The van der Waals surface area contributed by atoms with Crippen molar-refractivity contribution in [3.05, 3.63) is 36.7 Å². The van der Waals surface area contributed by atoms with E-state index in [9.17, 15) is 0 Å². The number of nitrogens with zero attached hydrogens (tertiary/aromatic N) is 2. The van der Waals surface area contributed by atoms with Crippen LogP contribution in [0.15, 0.2) is 41.7 Å². The largest absolute Gasteiger partial charge is 0.326 e. The molecule has 0 amide bonds. The highest BCUT2D eigenvalue weighted by Crippen LogP contribution is 2.18. The highest BCUT2D eigenvalue weighted by atomic mass is 15.2. The molecule has 0 spiro atoms. The Morgan fingerprint density at radius 2 is 2.33 bits per heavy atom. The summed E-state index contributed by atoms with van der Waals surface area (Å²) in [5.41, 5.74) is 7.25. The van der Waals surface area contributed by atoms with Gasteiger partial charge < -0.3 is 10.6 Å². The number of amidine groups is 1. The Morgan fingerprint density at radius 1 is 1.60 bits per heavy atom. The fraction of sp³-hybridized carbons (Fsp3) is 0.417. The van der Waals surface area contributed by atoms with Gasteiger partial charge in [-0.1, -0.05) is 19.2 Å². The zero-order valence-corrected chi connectivity index (χ0v) is 9.37. The van der Waals surface area contributed by atoms with Crippen molar-refractivity contribution in [2.75, 3.05) is 13.6 Å². The molecule has 0 saturated heterocycles. The van der Waals surface area contributed by atoms with Crippen LogP contribution in [0.4, 0.5) is 0 Å². The van der Waals surface area contributed by atoms with Gasteiger partial charge in [-0.2, -0.15) is 0 Å². The SMILES string of the molecule is C=C(CN)C(=C)N1C=CCCC/C1=N/C. The summed E-state index contributed by atoms with van der Waals surface area (Å²) >= 11 is 0. The molecule has 0 saturated carbocycles. The summed E-state index contributed by atoms with van der Waals surface area (Å²) < 4.78 is 0. The lowest BCUT2D eigenvalue weighted by molar-refractivity contribution is 0.679. The molecule has 2 N–H and O–H groups in total. The second-order valence-electron chi connectivity index (χ2n) is 3.54. The number of allylic oxidation sites excluding steroid dienone is 1. The second-order valence-corrected chi connectivity index (χ2v) is 3.54. The van der Waals surface area contributed by atoms with Gasteiger partial charge in [0.25, 0.3) is 0 Å². The van der Waals surface area contributed by atoms with Crippen LogP contribution in [0, 0.1) is 0 Å². The molecule has 3 nitrogen and oxygen atoms in total. The van der Waals surface area contributed by atoms with E-state index in [2.05, 4.69) is 24.2 Å². The summed E-state index contributed by atoms with van der Waals surface area (Å²) in [7, 11) is 1.81. The highest BCUT2D eigenvalue weighted by molar-refractivity contribution is 5.85. The lowest BCUT2D eigenvalue weighted by Crippen LogP contribution is -2.26. The van der Waals surface area contributed by atoms with Crippen LogP contribution >= 0.6 is 0 Å². The Labute approximate surface area is 91.7 Å². The van der Waals surface area contributed by atoms with Crippen molar-refractivity contribution >= 4 is 5.84 Å². The van der Waals surface area contributed by atoms with Crippen molar-refractivity contribution in [1.82, 2.24) is 4.90 Å². The van der Waals surface area contributed by atoms with Crippen molar-refractivity contribution in [3.8, 4) is 0 Å². The maximum atomic E-state index is 5.55. The summed E-state index contributed by atoms with van der Waals surface area (Å²) in [4.78, 5) is 6.26. The molecular formula is C12H19N3. The second kappa shape index (κ2) is 5.51.